The van der Waals surface area contributed by atoms with Gasteiger partial charge in [0, 0.05) is 22.1 Å². The van der Waals surface area contributed by atoms with Crippen molar-refractivity contribution in [1.29, 1.82) is 0 Å². The van der Waals surface area contributed by atoms with Crippen molar-refractivity contribution in [2.75, 3.05) is 0 Å². The van der Waals surface area contributed by atoms with Crippen LogP contribution in [0.1, 0.15) is 40.1 Å². The molecule has 0 N–H and O–H groups in total. The zero-order valence-corrected chi connectivity index (χ0v) is 11.6. The minimum absolute atomic E-state index is 0.0422. The molecule has 0 aromatic heterocycles. The Hall–Kier alpha value is -2.29. The molecular formula is C17H14O3. The molecule has 0 aliphatic heterocycles. The molecule has 0 bridgehead atoms. The number of fused-ring (bicyclic) bond motifs is 1. The predicted octanol–water partition coefficient (Wildman–Crippen LogP) is 2.84. The number of Topliss-reactive ketones (excluding diaryl/α,β-unsaturated/α-hetero) is 2. The van der Waals surface area contributed by atoms with Crippen molar-refractivity contribution in [3.05, 3.63) is 58.2 Å². The summed E-state index contributed by atoms with van der Waals surface area (Å²) in [5, 5.41) is 0. The minimum Gasteiger partial charge on any atom is -0.289 e. The van der Waals surface area contributed by atoms with Crippen LogP contribution in [0.4, 0.5) is 0 Å². The Morgan fingerprint density at radius 2 is 1.65 bits per heavy atom. The van der Waals surface area contributed by atoms with E-state index in [4.69, 9.17) is 0 Å². The number of carbonyl (C=O) groups excluding carboxylic acids is 3. The molecule has 3 nitrogen and oxygen atoms in total. The molecular weight excluding hydrogens is 252 g/mol. The van der Waals surface area contributed by atoms with Gasteiger partial charge in [0.25, 0.3) is 0 Å². The lowest BCUT2D eigenvalue weighted by atomic mass is 9.68. The molecule has 100 valence electrons. The zero-order valence-electron chi connectivity index (χ0n) is 11.6. The van der Waals surface area contributed by atoms with Gasteiger partial charge in [-0.25, -0.2) is 0 Å². The van der Waals surface area contributed by atoms with Gasteiger partial charge in [-0.3, -0.25) is 14.4 Å². The van der Waals surface area contributed by atoms with Gasteiger partial charge in [0.1, 0.15) is 0 Å². The van der Waals surface area contributed by atoms with Gasteiger partial charge < -0.3 is 0 Å². The first kappa shape index (κ1) is 12.7. The second-order valence-electron chi connectivity index (χ2n) is 5.88. The van der Waals surface area contributed by atoms with Crippen LogP contribution >= 0.6 is 0 Å². The van der Waals surface area contributed by atoms with Gasteiger partial charge in [-0.2, -0.15) is 0 Å². The highest BCUT2D eigenvalue weighted by Crippen LogP contribution is 2.41. The maximum atomic E-state index is 12.7. The van der Waals surface area contributed by atoms with Crippen molar-refractivity contribution in [3.8, 4) is 0 Å². The molecule has 0 amide bonds. The highest BCUT2D eigenvalue weighted by Gasteiger charge is 2.42. The monoisotopic (exact) mass is 266 g/mol. The number of hydrogen-bond donors (Lipinski definition) is 0. The molecule has 1 aromatic rings. The van der Waals surface area contributed by atoms with E-state index in [9.17, 15) is 14.4 Å². The molecule has 0 fully saturated rings. The van der Waals surface area contributed by atoms with Crippen LogP contribution in [0, 0.1) is 12.3 Å². The normalized spacial score (nSPS) is 20.1. The van der Waals surface area contributed by atoms with E-state index >= 15 is 0 Å². The number of hydrogen-bond acceptors (Lipinski definition) is 3. The van der Waals surface area contributed by atoms with Gasteiger partial charge >= 0.3 is 0 Å². The summed E-state index contributed by atoms with van der Waals surface area (Å²) in [6.07, 6.45) is 3.09. The summed E-state index contributed by atoms with van der Waals surface area (Å²) >= 11 is 0. The van der Waals surface area contributed by atoms with Crippen molar-refractivity contribution >= 4 is 17.3 Å². The maximum absolute atomic E-state index is 12.7. The van der Waals surface area contributed by atoms with Crippen LogP contribution in [-0.4, -0.2) is 17.3 Å². The number of aryl methyl sites for hydroxylation is 1. The molecule has 20 heavy (non-hydrogen) atoms. The zero-order chi connectivity index (χ0) is 14.7. The number of ketones is 3. The van der Waals surface area contributed by atoms with Crippen molar-refractivity contribution in [2.24, 2.45) is 5.41 Å². The predicted molar refractivity (Wildman–Crippen MR) is 74.8 cm³/mol. The minimum atomic E-state index is -0.599. The molecule has 0 radical (unpaired) electrons. The molecule has 0 spiro atoms. The smallest absolute Gasteiger partial charge is 0.198 e. The molecule has 2 aliphatic carbocycles. The molecule has 2 aliphatic rings. The Bertz CT molecular complexity index is 745. The summed E-state index contributed by atoms with van der Waals surface area (Å²) in [5.74, 6) is -0.914. The molecule has 3 heteroatoms. The van der Waals surface area contributed by atoms with Crippen LogP contribution in [-0.2, 0) is 4.79 Å². The van der Waals surface area contributed by atoms with Gasteiger partial charge in [-0.05, 0) is 19.1 Å². The lowest BCUT2D eigenvalue weighted by Gasteiger charge is -2.32. The molecule has 0 saturated carbocycles. The quantitative estimate of drug-likeness (QED) is 0.678. The lowest BCUT2D eigenvalue weighted by molar-refractivity contribution is -0.111. The Kier molecular flexibility index (Phi) is 2.45. The first-order chi connectivity index (χ1) is 9.33. The van der Waals surface area contributed by atoms with Crippen LogP contribution in [0.25, 0.3) is 0 Å². The van der Waals surface area contributed by atoms with Crippen molar-refractivity contribution in [1.82, 2.24) is 0 Å². The summed E-state index contributed by atoms with van der Waals surface area (Å²) in [7, 11) is 0. The van der Waals surface area contributed by atoms with Crippen LogP contribution < -0.4 is 0 Å². The average Bonchev–Trinajstić information content (AvgIpc) is 2.38. The topological polar surface area (TPSA) is 51.2 Å². The number of benzene rings is 1. The van der Waals surface area contributed by atoms with Gasteiger partial charge in [0.15, 0.2) is 17.3 Å². The van der Waals surface area contributed by atoms with E-state index in [-0.39, 0.29) is 22.9 Å². The van der Waals surface area contributed by atoms with Crippen LogP contribution in [0.2, 0.25) is 0 Å². The van der Waals surface area contributed by atoms with E-state index in [1.807, 2.05) is 26.8 Å². The molecule has 0 saturated heterocycles. The number of carbonyl (C=O) groups is 3. The van der Waals surface area contributed by atoms with Gasteiger partial charge in [-0.1, -0.05) is 37.6 Å². The Labute approximate surface area is 117 Å². The first-order valence-electron chi connectivity index (χ1n) is 6.51. The highest BCUT2D eigenvalue weighted by molar-refractivity contribution is 6.39. The van der Waals surface area contributed by atoms with Gasteiger partial charge in [0.2, 0.25) is 0 Å². The SMILES string of the molecule is Cc1ccc2c(c1)C(=O)C1=C(C2=O)C(C)(C)C=CC1=O. The molecule has 0 heterocycles. The first-order valence-corrected chi connectivity index (χ1v) is 6.51. The molecule has 0 atom stereocenters. The lowest BCUT2D eigenvalue weighted by Crippen LogP contribution is -2.34. The molecule has 0 unspecified atom stereocenters. The second-order valence-corrected chi connectivity index (χ2v) is 5.88. The fraction of sp³-hybridized carbons (Fsp3) is 0.235. The third kappa shape index (κ3) is 1.56. The fourth-order valence-corrected chi connectivity index (χ4v) is 2.84. The van der Waals surface area contributed by atoms with Crippen molar-refractivity contribution in [2.45, 2.75) is 20.8 Å². The largest absolute Gasteiger partial charge is 0.289 e. The van der Waals surface area contributed by atoms with Crippen molar-refractivity contribution < 1.29 is 14.4 Å². The summed E-state index contributed by atoms with van der Waals surface area (Å²) in [5.41, 5.74) is 1.40. The van der Waals surface area contributed by atoms with E-state index in [0.717, 1.165) is 5.56 Å². The summed E-state index contributed by atoms with van der Waals surface area (Å²) in [4.78, 5) is 37.3. The number of allylic oxidation sites excluding steroid dienone is 4. The Balaban J connectivity index is 2.33. The van der Waals surface area contributed by atoms with E-state index in [1.165, 1.54) is 6.08 Å². The third-order valence-electron chi connectivity index (χ3n) is 3.91. The van der Waals surface area contributed by atoms with Crippen molar-refractivity contribution in [3.63, 3.8) is 0 Å². The summed E-state index contributed by atoms with van der Waals surface area (Å²) < 4.78 is 0. The highest BCUT2D eigenvalue weighted by atomic mass is 16.2. The van der Waals surface area contributed by atoms with Crippen LogP contribution in [0.3, 0.4) is 0 Å². The van der Waals surface area contributed by atoms with Gasteiger partial charge in [-0.15, -0.1) is 0 Å². The molecule has 3 rings (SSSR count). The van der Waals surface area contributed by atoms with Crippen LogP contribution in [0.15, 0.2) is 41.5 Å². The van der Waals surface area contributed by atoms with E-state index in [2.05, 4.69) is 0 Å². The Morgan fingerprint density at radius 1 is 0.950 bits per heavy atom. The number of rotatable bonds is 0. The second kappa shape index (κ2) is 3.85. The molecule has 1 aromatic carbocycles. The standard InChI is InChI=1S/C17H14O3/c1-9-4-5-10-11(8-9)15(19)13-12(18)6-7-17(2,3)14(13)16(10)20/h4-8H,1-3H3. The van der Waals surface area contributed by atoms with E-state index < -0.39 is 5.41 Å². The van der Waals surface area contributed by atoms with E-state index in [0.29, 0.717) is 16.7 Å². The van der Waals surface area contributed by atoms with Crippen LogP contribution in [0.5, 0.6) is 0 Å². The summed E-state index contributed by atoms with van der Waals surface area (Å²) in [6, 6.07) is 5.16. The average molecular weight is 266 g/mol. The summed E-state index contributed by atoms with van der Waals surface area (Å²) in [6.45, 7) is 5.54. The van der Waals surface area contributed by atoms with E-state index in [1.54, 1.807) is 18.2 Å². The van der Waals surface area contributed by atoms with Gasteiger partial charge in [0.05, 0.1) is 5.57 Å². The fourth-order valence-electron chi connectivity index (χ4n) is 2.84. The Morgan fingerprint density at radius 3 is 2.35 bits per heavy atom. The third-order valence-corrected chi connectivity index (χ3v) is 3.91. The maximum Gasteiger partial charge on any atom is 0.198 e.